The quantitative estimate of drug-likeness (QED) is 0.390. The number of H-pyrrole nitrogens is 1. The molecule has 1 aliphatic carbocycles. The predicted octanol–water partition coefficient (Wildman–Crippen LogP) is 5.67. The number of nitrogens with one attached hydrogen (secondary N) is 1. The molecule has 3 aromatic rings. The molecule has 4 rings (SSSR count). The first-order valence-electron chi connectivity index (χ1n) is 11.5. The van der Waals surface area contributed by atoms with Crippen molar-refractivity contribution >= 4 is 38.5 Å². The van der Waals surface area contributed by atoms with Gasteiger partial charge >= 0.3 is 5.97 Å². The van der Waals surface area contributed by atoms with Crippen LogP contribution in [0, 0.1) is 0 Å². The van der Waals surface area contributed by atoms with Crippen LogP contribution in [0.15, 0.2) is 41.3 Å². The fourth-order valence-electron chi connectivity index (χ4n) is 5.03. The van der Waals surface area contributed by atoms with Crippen LogP contribution in [0.5, 0.6) is 0 Å². The minimum atomic E-state index is -4.09. The maximum absolute atomic E-state index is 12.9. The van der Waals surface area contributed by atoms with Gasteiger partial charge < -0.3 is 10.1 Å². The summed E-state index contributed by atoms with van der Waals surface area (Å²) in [6.45, 7) is 6.28. The van der Waals surface area contributed by atoms with Crippen molar-refractivity contribution in [1.29, 1.82) is 0 Å². The standard InChI is InChI=1S/C26H31ClN2O4S/c1-26(2,3)16-9-12-22-20(13-16)21(14-23(30)31)24(29-22)19-6-4-5-18(25(19)34(28,32)33)15-7-10-17(27)11-8-15/h4-6,9,12-13,15,17,29H,7-8,10-11,14H2,1-3H3,(H,30,31)(H2,28,32,33). The van der Waals surface area contributed by atoms with Gasteiger partial charge in [-0.3, -0.25) is 4.79 Å². The minimum Gasteiger partial charge on any atom is -0.481 e. The normalized spacial score (nSPS) is 19.4. The highest BCUT2D eigenvalue weighted by Crippen LogP contribution is 2.42. The second-order valence-electron chi connectivity index (χ2n) is 10.3. The Morgan fingerprint density at radius 1 is 1.15 bits per heavy atom. The number of benzene rings is 2. The molecular formula is C26H31ClN2O4S. The first-order valence-corrected chi connectivity index (χ1v) is 13.5. The number of carboxylic acids is 1. The lowest BCUT2D eigenvalue weighted by molar-refractivity contribution is -0.136. The summed E-state index contributed by atoms with van der Waals surface area (Å²) < 4.78 is 25.8. The van der Waals surface area contributed by atoms with Crippen molar-refractivity contribution < 1.29 is 18.3 Å². The van der Waals surface area contributed by atoms with Crippen LogP contribution in [0.3, 0.4) is 0 Å². The molecular weight excluding hydrogens is 472 g/mol. The molecule has 0 bridgehead atoms. The van der Waals surface area contributed by atoms with E-state index in [2.05, 4.69) is 25.8 Å². The maximum Gasteiger partial charge on any atom is 0.307 e. The zero-order valence-corrected chi connectivity index (χ0v) is 21.3. The zero-order chi connectivity index (χ0) is 24.8. The molecule has 1 aromatic heterocycles. The Balaban J connectivity index is 1.98. The number of carbonyl (C=O) groups is 1. The molecule has 0 amide bonds. The van der Waals surface area contributed by atoms with Crippen molar-refractivity contribution in [3.63, 3.8) is 0 Å². The number of rotatable bonds is 5. The molecule has 34 heavy (non-hydrogen) atoms. The lowest BCUT2D eigenvalue weighted by atomic mass is 9.83. The van der Waals surface area contributed by atoms with Gasteiger partial charge in [-0.1, -0.05) is 45.0 Å². The smallest absolute Gasteiger partial charge is 0.307 e. The van der Waals surface area contributed by atoms with Crippen molar-refractivity contribution in [3.8, 4) is 11.3 Å². The van der Waals surface area contributed by atoms with Gasteiger partial charge in [0.25, 0.3) is 0 Å². The highest BCUT2D eigenvalue weighted by Gasteiger charge is 2.30. The Bertz CT molecular complexity index is 1350. The molecule has 0 radical (unpaired) electrons. The van der Waals surface area contributed by atoms with Crippen LogP contribution in [0.25, 0.3) is 22.2 Å². The van der Waals surface area contributed by atoms with Crippen LogP contribution in [-0.2, 0) is 26.7 Å². The maximum atomic E-state index is 12.9. The number of primary sulfonamides is 1. The Morgan fingerprint density at radius 3 is 2.41 bits per heavy atom. The summed E-state index contributed by atoms with van der Waals surface area (Å²) in [5, 5.41) is 16.3. The van der Waals surface area contributed by atoms with Crippen LogP contribution in [0.1, 0.15) is 69.1 Å². The molecule has 1 fully saturated rings. The molecule has 1 aliphatic rings. The van der Waals surface area contributed by atoms with Crippen LogP contribution >= 0.6 is 11.6 Å². The first kappa shape index (κ1) is 24.8. The van der Waals surface area contributed by atoms with Crippen LogP contribution < -0.4 is 5.14 Å². The largest absolute Gasteiger partial charge is 0.481 e. The fraction of sp³-hybridized carbons (Fsp3) is 0.423. The van der Waals surface area contributed by atoms with E-state index < -0.39 is 16.0 Å². The molecule has 0 saturated heterocycles. The van der Waals surface area contributed by atoms with E-state index in [1.807, 2.05) is 30.3 Å². The second kappa shape index (κ2) is 9.02. The van der Waals surface area contributed by atoms with Gasteiger partial charge in [-0.25, -0.2) is 13.6 Å². The third kappa shape index (κ3) is 4.88. The molecule has 0 spiro atoms. The Hall–Kier alpha value is -2.35. The Kier molecular flexibility index (Phi) is 6.57. The van der Waals surface area contributed by atoms with Crippen molar-refractivity contribution in [1.82, 2.24) is 4.98 Å². The highest BCUT2D eigenvalue weighted by molar-refractivity contribution is 7.89. The number of aromatic amines is 1. The molecule has 0 aliphatic heterocycles. The number of halogens is 1. The van der Waals surface area contributed by atoms with E-state index in [0.717, 1.165) is 42.1 Å². The van der Waals surface area contributed by atoms with Gasteiger partial charge in [0, 0.05) is 21.8 Å². The zero-order valence-electron chi connectivity index (χ0n) is 19.7. The molecule has 0 unspecified atom stereocenters. The number of nitrogens with two attached hydrogens (primary N) is 1. The number of carboxylic acid groups (broad SMARTS) is 1. The van der Waals surface area contributed by atoms with Crippen LogP contribution in [0.2, 0.25) is 0 Å². The van der Waals surface area contributed by atoms with Gasteiger partial charge in [-0.15, -0.1) is 11.6 Å². The monoisotopic (exact) mass is 502 g/mol. The predicted molar refractivity (Wildman–Crippen MR) is 136 cm³/mol. The number of alkyl halides is 1. The highest BCUT2D eigenvalue weighted by atomic mass is 35.5. The van der Waals surface area contributed by atoms with E-state index in [-0.39, 0.29) is 28.0 Å². The van der Waals surface area contributed by atoms with E-state index in [1.54, 1.807) is 6.07 Å². The van der Waals surface area contributed by atoms with Crippen LogP contribution in [-0.4, -0.2) is 29.9 Å². The molecule has 182 valence electrons. The summed E-state index contributed by atoms with van der Waals surface area (Å²) in [5.74, 6) is -0.958. The number of hydrogen-bond donors (Lipinski definition) is 3. The van der Waals surface area contributed by atoms with Crippen molar-refractivity contribution in [2.24, 2.45) is 5.14 Å². The van der Waals surface area contributed by atoms with Gasteiger partial charge in [0.2, 0.25) is 10.0 Å². The van der Waals surface area contributed by atoms with Gasteiger partial charge in [0.05, 0.1) is 17.0 Å². The lowest BCUT2D eigenvalue weighted by Gasteiger charge is -2.27. The van der Waals surface area contributed by atoms with E-state index in [0.29, 0.717) is 22.4 Å². The van der Waals surface area contributed by atoms with Crippen molar-refractivity contribution in [3.05, 3.63) is 53.1 Å². The van der Waals surface area contributed by atoms with Crippen LogP contribution in [0.4, 0.5) is 0 Å². The van der Waals surface area contributed by atoms with E-state index >= 15 is 0 Å². The summed E-state index contributed by atoms with van der Waals surface area (Å²) >= 11 is 6.28. The van der Waals surface area contributed by atoms with Gasteiger partial charge in [0.1, 0.15) is 0 Å². The van der Waals surface area contributed by atoms with Crippen molar-refractivity contribution in [2.45, 2.75) is 74.5 Å². The Labute approximate surface area is 205 Å². The molecule has 6 nitrogen and oxygen atoms in total. The van der Waals surface area contributed by atoms with E-state index in [1.165, 1.54) is 0 Å². The third-order valence-corrected chi connectivity index (χ3v) is 8.26. The molecule has 1 saturated carbocycles. The van der Waals surface area contributed by atoms with Gasteiger partial charge in [0.15, 0.2) is 0 Å². The summed E-state index contributed by atoms with van der Waals surface area (Å²) in [7, 11) is -4.09. The van der Waals surface area contributed by atoms with Crippen molar-refractivity contribution in [2.75, 3.05) is 0 Å². The lowest BCUT2D eigenvalue weighted by Crippen LogP contribution is -2.20. The molecule has 2 aromatic carbocycles. The second-order valence-corrected chi connectivity index (χ2v) is 12.4. The molecule has 4 N–H and O–H groups in total. The summed E-state index contributed by atoms with van der Waals surface area (Å²) in [6.07, 6.45) is 2.95. The SMILES string of the molecule is CC(C)(C)c1ccc2[nH]c(-c3cccc(C4CCC(Cl)CC4)c3S(N)(=O)=O)c(CC(=O)O)c2c1. The minimum absolute atomic E-state index is 0.0306. The number of aromatic nitrogens is 1. The Morgan fingerprint density at radius 2 is 1.82 bits per heavy atom. The number of hydrogen-bond acceptors (Lipinski definition) is 3. The molecule has 0 atom stereocenters. The van der Waals surface area contributed by atoms with Gasteiger partial charge in [-0.2, -0.15) is 0 Å². The third-order valence-electron chi connectivity index (χ3n) is 6.80. The number of sulfonamides is 1. The molecule has 1 heterocycles. The van der Waals surface area contributed by atoms with E-state index in [9.17, 15) is 18.3 Å². The number of aliphatic carboxylic acids is 1. The fourth-order valence-corrected chi connectivity index (χ4v) is 6.33. The molecule has 8 heteroatoms. The summed E-state index contributed by atoms with van der Waals surface area (Å²) in [5.41, 5.74) is 3.83. The summed E-state index contributed by atoms with van der Waals surface area (Å²) in [4.78, 5) is 15.2. The first-order chi connectivity index (χ1) is 15.9. The number of fused-ring (bicyclic) bond motifs is 1. The average Bonchev–Trinajstić information content (AvgIpc) is 3.09. The topological polar surface area (TPSA) is 113 Å². The average molecular weight is 503 g/mol. The van der Waals surface area contributed by atoms with Gasteiger partial charge in [-0.05, 0) is 65.8 Å². The van der Waals surface area contributed by atoms with E-state index in [4.69, 9.17) is 16.7 Å². The summed E-state index contributed by atoms with van der Waals surface area (Å²) in [6, 6.07) is 11.3.